The molecule has 5 heteroatoms. The van der Waals surface area contributed by atoms with Gasteiger partial charge in [0.25, 0.3) is 5.91 Å². The van der Waals surface area contributed by atoms with Crippen LogP contribution >= 0.6 is 0 Å². The van der Waals surface area contributed by atoms with Crippen LogP contribution in [0, 0.1) is 20.8 Å². The molecule has 0 fully saturated rings. The van der Waals surface area contributed by atoms with Gasteiger partial charge in [0.1, 0.15) is 17.3 Å². The first kappa shape index (κ1) is 18.2. The van der Waals surface area contributed by atoms with Crippen LogP contribution in [0.5, 0.6) is 0 Å². The molecule has 1 amide bonds. The topological polar surface area (TPSA) is 58.1 Å². The summed E-state index contributed by atoms with van der Waals surface area (Å²) in [7, 11) is 0. The molecular weight excluding hydrogens is 348 g/mol. The van der Waals surface area contributed by atoms with Gasteiger partial charge in [0.2, 0.25) is 0 Å². The maximum Gasteiger partial charge on any atom is 0.274 e. The molecule has 0 radical (unpaired) electrons. The van der Waals surface area contributed by atoms with Crippen LogP contribution in [0.25, 0.3) is 0 Å². The number of carbonyl (C=O) groups excluding carboxylic acids is 1. The molecule has 28 heavy (non-hydrogen) atoms. The van der Waals surface area contributed by atoms with E-state index in [9.17, 15) is 4.79 Å². The minimum absolute atomic E-state index is 0.207. The number of fused-ring (bicyclic) bond motifs is 1. The van der Waals surface area contributed by atoms with Gasteiger partial charge in [0, 0.05) is 24.8 Å². The zero-order chi connectivity index (χ0) is 19.7. The molecule has 142 valence electrons. The second-order valence-corrected chi connectivity index (χ2v) is 7.32. The fraction of sp³-hybridized carbons (Fsp3) is 0.261. The van der Waals surface area contributed by atoms with E-state index in [1.54, 1.807) is 6.07 Å². The minimum Gasteiger partial charge on any atom is -0.352 e. The van der Waals surface area contributed by atoms with E-state index in [2.05, 4.69) is 44.5 Å². The van der Waals surface area contributed by atoms with Gasteiger partial charge in [-0.1, -0.05) is 42.5 Å². The van der Waals surface area contributed by atoms with Gasteiger partial charge in [-0.05, 0) is 49.4 Å². The average molecular weight is 372 g/mol. The molecule has 1 aliphatic heterocycles. The minimum atomic E-state index is -0.207. The van der Waals surface area contributed by atoms with Crippen LogP contribution in [-0.4, -0.2) is 22.4 Å². The molecule has 1 N–H and O–H groups in total. The van der Waals surface area contributed by atoms with Crippen LogP contribution in [0.2, 0.25) is 0 Å². The summed E-state index contributed by atoms with van der Waals surface area (Å²) < 4.78 is 0. The second-order valence-electron chi connectivity index (χ2n) is 7.32. The number of benzene rings is 2. The maximum absolute atomic E-state index is 12.9. The van der Waals surface area contributed by atoms with Crippen molar-refractivity contribution in [1.29, 1.82) is 0 Å². The predicted octanol–water partition coefficient (Wildman–Crippen LogP) is 4.22. The first-order valence-corrected chi connectivity index (χ1v) is 9.56. The molecule has 0 aliphatic carbocycles. The molecule has 3 aromatic rings. The van der Waals surface area contributed by atoms with Gasteiger partial charge in [-0.15, -0.1) is 0 Å². The number of anilines is 2. The van der Waals surface area contributed by atoms with Crippen LogP contribution < -0.4 is 10.2 Å². The lowest BCUT2D eigenvalue weighted by Crippen LogP contribution is -2.31. The van der Waals surface area contributed by atoms with E-state index in [0.717, 1.165) is 42.1 Å². The van der Waals surface area contributed by atoms with E-state index in [-0.39, 0.29) is 5.91 Å². The number of carbonyl (C=O) groups is 1. The molecule has 0 saturated heterocycles. The Morgan fingerprint density at radius 3 is 2.43 bits per heavy atom. The quantitative estimate of drug-likeness (QED) is 0.748. The number of hydrogen-bond acceptors (Lipinski definition) is 4. The fourth-order valence-electron chi connectivity index (χ4n) is 3.71. The van der Waals surface area contributed by atoms with Crippen molar-refractivity contribution in [2.24, 2.45) is 0 Å². The monoisotopic (exact) mass is 372 g/mol. The molecular formula is C23H24N4O. The van der Waals surface area contributed by atoms with Crippen molar-refractivity contribution >= 4 is 17.4 Å². The van der Waals surface area contributed by atoms with Crippen molar-refractivity contribution in [3.63, 3.8) is 0 Å². The summed E-state index contributed by atoms with van der Waals surface area (Å²) in [5, 5.41) is 3.02. The number of aromatic nitrogens is 2. The zero-order valence-corrected chi connectivity index (χ0v) is 16.5. The lowest BCUT2D eigenvalue weighted by molar-refractivity contribution is 0.102. The Labute approximate surface area is 165 Å². The largest absolute Gasteiger partial charge is 0.352 e. The number of nitrogens with one attached hydrogen (secondary N) is 1. The van der Waals surface area contributed by atoms with E-state index in [1.807, 2.05) is 39.0 Å². The SMILES string of the molecule is Cc1nc(C(=O)Nc2c(C)cccc2C)cc(N2CCc3ccccc3C2)n1. The fourth-order valence-corrected chi connectivity index (χ4v) is 3.71. The highest BCUT2D eigenvalue weighted by Crippen LogP contribution is 2.24. The van der Waals surface area contributed by atoms with E-state index >= 15 is 0 Å². The smallest absolute Gasteiger partial charge is 0.274 e. The average Bonchev–Trinajstić information content (AvgIpc) is 2.70. The normalized spacial score (nSPS) is 13.2. The molecule has 0 unspecified atom stereocenters. The Hall–Kier alpha value is -3.21. The van der Waals surface area contributed by atoms with Crippen molar-refractivity contribution < 1.29 is 4.79 Å². The summed E-state index contributed by atoms with van der Waals surface area (Å²) in [4.78, 5) is 24.1. The molecule has 1 aromatic heterocycles. The highest BCUT2D eigenvalue weighted by molar-refractivity contribution is 6.04. The first-order valence-electron chi connectivity index (χ1n) is 9.56. The van der Waals surface area contributed by atoms with Gasteiger partial charge >= 0.3 is 0 Å². The number of aryl methyl sites for hydroxylation is 3. The summed E-state index contributed by atoms with van der Waals surface area (Å²) in [6.07, 6.45) is 0.975. The van der Waals surface area contributed by atoms with Gasteiger partial charge in [0.15, 0.2) is 0 Å². The summed E-state index contributed by atoms with van der Waals surface area (Å²) in [5.74, 6) is 1.19. The standard InChI is InChI=1S/C23H24N4O/c1-15-7-6-8-16(2)22(15)26-23(28)20-13-21(25-17(3)24-20)27-12-11-18-9-4-5-10-19(18)14-27/h4-10,13H,11-12,14H2,1-3H3,(H,26,28). The number of amides is 1. The van der Waals surface area contributed by atoms with E-state index in [4.69, 9.17) is 0 Å². The van der Waals surface area contributed by atoms with Gasteiger partial charge < -0.3 is 10.2 Å². The Kier molecular flexibility index (Phi) is 4.82. The third-order valence-corrected chi connectivity index (χ3v) is 5.23. The summed E-state index contributed by atoms with van der Waals surface area (Å²) in [5.41, 5.74) is 6.00. The Morgan fingerprint density at radius 2 is 1.68 bits per heavy atom. The third kappa shape index (κ3) is 3.60. The van der Waals surface area contributed by atoms with Crippen LogP contribution in [-0.2, 0) is 13.0 Å². The highest BCUT2D eigenvalue weighted by Gasteiger charge is 2.20. The highest BCUT2D eigenvalue weighted by atomic mass is 16.1. The number of rotatable bonds is 3. The molecule has 4 rings (SSSR count). The van der Waals surface area contributed by atoms with Crippen LogP contribution in [0.3, 0.4) is 0 Å². The van der Waals surface area contributed by atoms with E-state index in [0.29, 0.717) is 11.5 Å². The molecule has 0 spiro atoms. The van der Waals surface area contributed by atoms with Gasteiger partial charge in [-0.2, -0.15) is 0 Å². The molecule has 0 bridgehead atoms. The number of hydrogen-bond donors (Lipinski definition) is 1. The van der Waals surface area contributed by atoms with Crippen molar-refractivity contribution in [3.8, 4) is 0 Å². The first-order chi connectivity index (χ1) is 13.5. The van der Waals surface area contributed by atoms with Crippen LogP contribution in [0.4, 0.5) is 11.5 Å². The van der Waals surface area contributed by atoms with E-state index < -0.39 is 0 Å². The molecule has 0 saturated carbocycles. The lowest BCUT2D eigenvalue weighted by Gasteiger charge is -2.30. The summed E-state index contributed by atoms with van der Waals surface area (Å²) in [6.45, 7) is 7.49. The van der Waals surface area contributed by atoms with Crippen LogP contribution in [0.15, 0.2) is 48.5 Å². The van der Waals surface area contributed by atoms with Gasteiger partial charge in [-0.3, -0.25) is 4.79 Å². The lowest BCUT2D eigenvalue weighted by atomic mass is 10.00. The van der Waals surface area contributed by atoms with E-state index in [1.165, 1.54) is 11.1 Å². The number of nitrogens with zero attached hydrogens (tertiary/aromatic N) is 3. The van der Waals surface area contributed by atoms with Crippen LogP contribution in [0.1, 0.15) is 38.6 Å². The third-order valence-electron chi connectivity index (χ3n) is 5.23. The Morgan fingerprint density at radius 1 is 0.964 bits per heavy atom. The Bertz CT molecular complexity index is 1020. The number of para-hydroxylation sites is 1. The van der Waals surface area contributed by atoms with Crippen molar-refractivity contribution in [3.05, 3.63) is 82.3 Å². The summed E-state index contributed by atoms with van der Waals surface area (Å²) in [6, 6.07) is 16.3. The van der Waals surface area contributed by atoms with Crippen molar-refractivity contribution in [2.45, 2.75) is 33.7 Å². The zero-order valence-electron chi connectivity index (χ0n) is 16.5. The molecule has 5 nitrogen and oxygen atoms in total. The van der Waals surface area contributed by atoms with Gasteiger partial charge in [-0.25, -0.2) is 9.97 Å². The molecule has 2 heterocycles. The molecule has 2 aromatic carbocycles. The van der Waals surface area contributed by atoms with Crippen molar-refractivity contribution in [2.75, 3.05) is 16.8 Å². The Balaban J connectivity index is 1.60. The maximum atomic E-state index is 12.9. The predicted molar refractivity (Wildman–Crippen MR) is 112 cm³/mol. The van der Waals surface area contributed by atoms with Crippen molar-refractivity contribution in [1.82, 2.24) is 9.97 Å². The molecule has 0 atom stereocenters. The van der Waals surface area contributed by atoms with Gasteiger partial charge in [0.05, 0.1) is 0 Å². The molecule has 1 aliphatic rings. The summed E-state index contributed by atoms with van der Waals surface area (Å²) >= 11 is 0. The second kappa shape index (κ2) is 7.43.